The molecule has 2 amide bonds. The van der Waals surface area contributed by atoms with E-state index < -0.39 is 0 Å². The van der Waals surface area contributed by atoms with Crippen molar-refractivity contribution < 1.29 is 9.59 Å². The van der Waals surface area contributed by atoms with Crippen molar-refractivity contribution in [1.29, 1.82) is 0 Å². The molecule has 5 heteroatoms. The van der Waals surface area contributed by atoms with E-state index in [0.717, 1.165) is 22.2 Å². The summed E-state index contributed by atoms with van der Waals surface area (Å²) in [6.45, 7) is 3.90. The van der Waals surface area contributed by atoms with Gasteiger partial charge in [0.1, 0.15) is 0 Å². The fourth-order valence-electron chi connectivity index (χ4n) is 2.66. The molecule has 0 aliphatic rings. The van der Waals surface area contributed by atoms with Gasteiger partial charge >= 0.3 is 0 Å². The summed E-state index contributed by atoms with van der Waals surface area (Å²) < 4.78 is 0. The summed E-state index contributed by atoms with van der Waals surface area (Å²) in [7, 11) is 0. The molecule has 122 valence electrons. The van der Waals surface area contributed by atoms with Gasteiger partial charge in [-0.1, -0.05) is 12.1 Å². The molecule has 0 radical (unpaired) electrons. The van der Waals surface area contributed by atoms with Crippen LogP contribution in [0.5, 0.6) is 0 Å². The summed E-state index contributed by atoms with van der Waals surface area (Å²) in [5, 5.41) is 6.71. The zero-order chi connectivity index (χ0) is 17.1. The number of carbonyl (C=O) groups excluding carboxylic acids is 2. The minimum absolute atomic E-state index is 0.164. The molecule has 0 saturated carbocycles. The molecule has 0 saturated heterocycles. The molecular formula is C19H19N3O2. The maximum absolute atomic E-state index is 12.3. The van der Waals surface area contributed by atoms with Crippen LogP contribution in [0.25, 0.3) is 10.9 Å². The highest BCUT2D eigenvalue weighted by Crippen LogP contribution is 2.17. The predicted octanol–water partition coefficient (Wildman–Crippen LogP) is 3.36. The first-order valence-corrected chi connectivity index (χ1v) is 7.75. The second-order valence-electron chi connectivity index (χ2n) is 5.82. The highest BCUT2D eigenvalue weighted by atomic mass is 16.2. The van der Waals surface area contributed by atoms with Crippen molar-refractivity contribution in [2.24, 2.45) is 0 Å². The summed E-state index contributed by atoms with van der Waals surface area (Å²) in [5.74, 6) is -0.338. The SMILES string of the molecule is CC(=O)Nc1cccc(C(=O)NCc2ccc3[nH]c(C)cc3c2)c1. The Morgan fingerprint density at radius 1 is 1.08 bits per heavy atom. The van der Waals surface area contributed by atoms with Gasteiger partial charge < -0.3 is 15.6 Å². The molecule has 3 N–H and O–H groups in total. The van der Waals surface area contributed by atoms with Crippen LogP contribution in [0.15, 0.2) is 48.5 Å². The number of hydrogen-bond donors (Lipinski definition) is 3. The van der Waals surface area contributed by atoms with E-state index in [0.29, 0.717) is 17.8 Å². The number of fused-ring (bicyclic) bond motifs is 1. The second-order valence-corrected chi connectivity index (χ2v) is 5.82. The van der Waals surface area contributed by atoms with Crippen molar-refractivity contribution in [2.75, 3.05) is 5.32 Å². The number of H-pyrrole nitrogens is 1. The van der Waals surface area contributed by atoms with Crippen molar-refractivity contribution in [1.82, 2.24) is 10.3 Å². The van der Waals surface area contributed by atoms with E-state index in [9.17, 15) is 9.59 Å². The van der Waals surface area contributed by atoms with Crippen LogP contribution in [-0.2, 0) is 11.3 Å². The summed E-state index contributed by atoms with van der Waals surface area (Å²) >= 11 is 0. The third kappa shape index (κ3) is 3.63. The van der Waals surface area contributed by atoms with E-state index in [1.54, 1.807) is 24.3 Å². The molecule has 1 aromatic heterocycles. The molecule has 0 spiro atoms. The zero-order valence-corrected chi connectivity index (χ0v) is 13.6. The lowest BCUT2D eigenvalue weighted by Gasteiger charge is -2.08. The first-order valence-electron chi connectivity index (χ1n) is 7.75. The maximum Gasteiger partial charge on any atom is 0.251 e. The number of aromatic nitrogens is 1. The van der Waals surface area contributed by atoms with Crippen LogP contribution < -0.4 is 10.6 Å². The zero-order valence-electron chi connectivity index (χ0n) is 13.6. The number of rotatable bonds is 4. The Hall–Kier alpha value is -3.08. The first-order chi connectivity index (χ1) is 11.5. The molecule has 24 heavy (non-hydrogen) atoms. The van der Waals surface area contributed by atoms with Crippen LogP contribution in [0.2, 0.25) is 0 Å². The number of nitrogens with one attached hydrogen (secondary N) is 3. The van der Waals surface area contributed by atoms with Gasteiger partial charge in [-0.05, 0) is 54.3 Å². The van der Waals surface area contributed by atoms with E-state index in [-0.39, 0.29) is 11.8 Å². The molecule has 0 aliphatic heterocycles. The lowest BCUT2D eigenvalue weighted by molar-refractivity contribution is -0.114. The number of anilines is 1. The average Bonchev–Trinajstić information content (AvgIpc) is 2.91. The quantitative estimate of drug-likeness (QED) is 0.689. The van der Waals surface area contributed by atoms with Gasteiger partial charge in [0.2, 0.25) is 5.91 Å². The fourth-order valence-corrected chi connectivity index (χ4v) is 2.66. The van der Waals surface area contributed by atoms with Gasteiger partial charge in [-0.3, -0.25) is 9.59 Å². The molecular weight excluding hydrogens is 302 g/mol. The molecule has 0 aliphatic carbocycles. The third-order valence-electron chi connectivity index (χ3n) is 3.72. The Balaban J connectivity index is 1.68. The largest absolute Gasteiger partial charge is 0.359 e. The van der Waals surface area contributed by atoms with Gasteiger partial charge in [0.15, 0.2) is 0 Å². The van der Waals surface area contributed by atoms with Gasteiger partial charge in [-0.25, -0.2) is 0 Å². The molecule has 0 fully saturated rings. The number of benzene rings is 2. The number of aromatic amines is 1. The monoisotopic (exact) mass is 321 g/mol. The second kappa shape index (κ2) is 6.58. The standard InChI is InChI=1S/C19H19N3O2/c1-12-8-16-9-14(6-7-18(16)21-12)11-20-19(24)15-4-3-5-17(10-15)22-13(2)23/h3-10,21H,11H2,1-2H3,(H,20,24)(H,22,23). The Labute approximate surface area is 140 Å². The Kier molecular flexibility index (Phi) is 4.33. The summed E-state index contributed by atoms with van der Waals surface area (Å²) in [6, 6.07) is 15.0. The van der Waals surface area contributed by atoms with Crippen LogP contribution in [0.1, 0.15) is 28.5 Å². The average molecular weight is 321 g/mol. The van der Waals surface area contributed by atoms with E-state index in [1.165, 1.54) is 6.92 Å². The molecule has 0 unspecified atom stereocenters. The molecule has 2 aromatic carbocycles. The Bertz CT molecular complexity index is 912. The third-order valence-corrected chi connectivity index (χ3v) is 3.72. The highest BCUT2D eigenvalue weighted by Gasteiger charge is 2.07. The van der Waals surface area contributed by atoms with Crippen molar-refractivity contribution in [3.63, 3.8) is 0 Å². The molecule has 3 rings (SSSR count). The predicted molar refractivity (Wildman–Crippen MR) is 95.0 cm³/mol. The first kappa shape index (κ1) is 15.8. The molecule has 0 atom stereocenters. The lowest BCUT2D eigenvalue weighted by Crippen LogP contribution is -2.22. The van der Waals surface area contributed by atoms with Crippen molar-refractivity contribution in [3.8, 4) is 0 Å². The smallest absolute Gasteiger partial charge is 0.251 e. The summed E-state index contributed by atoms with van der Waals surface area (Å²) in [4.78, 5) is 26.7. The van der Waals surface area contributed by atoms with Crippen molar-refractivity contribution >= 4 is 28.4 Å². The number of hydrogen-bond acceptors (Lipinski definition) is 2. The van der Waals surface area contributed by atoms with E-state index in [2.05, 4.69) is 27.8 Å². The minimum Gasteiger partial charge on any atom is -0.359 e. The normalized spacial score (nSPS) is 10.6. The lowest BCUT2D eigenvalue weighted by atomic mass is 10.1. The van der Waals surface area contributed by atoms with Crippen LogP contribution in [0.4, 0.5) is 5.69 Å². The van der Waals surface area contributed by atoms with Crippen LogP contribution in [0.3, 0.4) is 0 Å². The number of aryl methyl sites for hydroxylation is 1. The Morgan fingerprint density at radius 3 is 2.71 bits per heavy atom. The van der Waals surface area contributed by atoms with Crippen LogP contribution >= 0.6 is 0 Å². The molecule has 3 aromatic rings. The van der Waals surface area contributed by atoms with E-state index >= 15 is 0 Å². The number of amides is 2. The minimum atomic E-state index is -0.174. The Morgan fingerprint density at radius 2 is 1.92 bits per heavy atom. The van der Waals surface area contributed by atoms with Crippen molar-refractivity contribution in [3.05, 3.63) is 65.4 Å². The molecule has 5 nitrogen and oxygen atoms in total. The van der Waals surface area contributed by atoms with Crippen molar-refractivity contribution in [2.45, 2.75) is 20.4 Å². The van der Waals surface area contributed by atoms with Gasteiger partial charge in [-0.15, -0.1) is 0 Å². The molecule has 0 bridgehead atoms. The number of carbonyl (C=O) groups is 2. The van der Waals surface area contributed by atoms with E-state index in [1.807, 2.05) is 19.1 Å². The van der Waals surface area contributed by atoms with Crippen LogP contribution in [-0.4, -0.2) is 16.8 Å². The van der Waals surface area contributed by atoms with Gasteiger partial charge in [0, 0.05) is 35.9 Å². The maximum atomic E-state index is 12.3. The summed E-state index contributed by atoms with van der Waals surface area (Å²) in [5.41, 5.74) is 4.36. The highest BCUT2D eigenvalue weighted by molar-refractivity contribution is 5.96. The summed E-state index contributed by atoms with van der Waals surface area (Å²) in [6.07, 6.45) is 0. The van der Waals surface area contributed by atoms with E-state index in [4.69, 9.17) is 0 Å². The molecule has 1 heterocycles. The van der Waals surface area contributed by atoms with Crippen LogP contribution in [0, 0.1) is 6.92 Å². The topological polar surface area (TPSA) is 74.0 Å². The van der Waals surface area contributed by atoms with Gasteiger partial charge in [0.05, 0.1) is 0 Å². The fraction of sp³-hybridized carbons (Fsp3) is 0.158. The van der Waals surface area contributed by atoms with Gasteiger partial charge in [0.25, 0.3) is 5.91 Å². The van der Waals surface area contributed by atoms with Gasteiger partial charge in [-0.2, -0.15) is 0 Å².